The number of carbonyl (C=O) groups excluding carboxylic acids is 1. The third-order valence-corrected chi connectivity index (χ3v) is 3.06. The molecule has 1 aromatic carbocycles. The predicted molar refractivity (Wildman–Crippen MR) is 72.6 cm³/mol. The van der Waals surface area contributed by atoms with Crippen molar-refractivity contribution >= 4 is 28.6 Å². The number of nitrogens with zero attached hydrogens (tertiary/aromatic N) is 2. The van der Waals surface area contributed by atoms with Gasteiger partial charge in [0.25, 0.3) is 0 Å². The summed E-state index contributed by atoms with van der Waals surface area (Å²) < 4.78 is 11.7. The number of methoxy groups -OCH3 is 2. The van der Waals surface area contributed by atoms with Gasteiger partial charge in [0.2, 0.25) is 0 Å². The molecule has 0 fully saturated rings. The highest BCUT2D eigenvalue weighted by Crippen LogP contribution is 2.29. The number of esters is 1. The zero-order chi connectivity index (χ0) is 14.0. The summed E-state index contributed by atoms with van der Waals surface area (Å²) in [6, 6.07) is 5.54. The summed E-state index contributed by atoms with van der Waals surface area (Å²) >= 11 is 6.13. The van der Waals surface area contributed by atoms with E-state index in [4.69, 9.17) is 21.1 Å². The summed E-state index contributed by atoms with van der Waals surface area (Å²) in [6.07, 6.45) is 0. The van der Waals surface area contributed by atoms with Crippen molar-refractivity contribution in [2.75, 3.05) is 14.2 Å². The van der Waals surface area contributed by atoms with Gasteiger partial charge in [-0.3, -0.25) is 4.79 Å². The maximum Gasteiger partial charge on any atom is 0.325 e. The van der Waals surface area contributed by atoms with Crippen molar-refractivity contribution in [3.63, 3.8) is 0 Å². The Kier molecular flexibility index (Phi) is 3.95. The van der Waals surface area contributed by atoms with E-state index < -0.39 is 0 Å². The highest BCUT2D eigenvalue weighted by Gasteiger charge is 2.19. The molecule has 0 N–H and O–H groups in total. The molecule has 0 amide bonds. The van der Waals surface area contributed by atoms with E-state index >= 15 is 0 Å². The number of hydrogen-bond acceptors (Lipinski definition) is 4. The van der Waals surface area contributed by atoms with Crippen LogP contribution in [0.4, 0.5) is 0 Å². The molecule has 0 bridgehead atoms. The van der Waals surface area contributed by atoms with Crippen LogP contribution in [0.3, 0.4) is 0 Å². The van der Waals surface area contributed by atoms with Gasteiger partial charge in [0.1, 0.15) is 23.6 Å². The Labute approximate surface area is 116 Å². The van der Waals surface area contributed by atoms with Gasteiger partial charge in [-0.1, -0.05) is 6.07 Å². The first-order chi connectivity index (χ1) is 9.08. The molecule has 0 radical (unpaired) electrons. The van der Waals surface area contributed by atoms with Gasteiger partial charge in [-0.15, -0.1) is 11.6 Å². The van der Waals surface area contributed by atoms with Gasteiger partial charge in [-0.05, 0) is 19.1 Å². The summed E-state index contributed by atoms with van der Waals surface area (Å²) in [4.78, 5) is 16.0. The molecule has 1 heterocycles. The second-order valence-corrected chi connectivity index (χ2v) is 4.73. The molecule has 0 aliphatic heterocycles. The fourth-order valence-electron chi connectivity index (χ4n) is 1.97. The van der Waals surface area contributed by atoms with E-state index in [-0.39, 0.29) is 17.9 Å². The van der Waals surface area contributed by atoms with Crippen molar-refractivity contribution in [3.8, 4) is 5.75 Å². The fraction of sp³-hybridized carbons (Fsp3) is 0.385. The number of aromatic nitrogens is 2. The Morgan fingerprint density at radius 3 is 2.79 bits per heavy atom. The number of ether oxygens (including phenoxy) is 2. The van der Waals surface area contributed by atoms with Crippen LogP contribution in [-0.2, 0) is 16.1 Å². The van der Waals surface area contributed by atoms with E-state index in [9.17, 15) is 4.79 Å². The van der Waals surface area contributed by atoms with Gasteiger partial charge in [-0.2, -0.15) is 0 Å². The lowest BCUT2D eigenvalue weighted by Gasteiger charge is -2.08. The summed E-state index contributed by atoms with van der Waals surface area (Å²) in [5, 5.41) is -0.318. The van der Waals surface area contributed by atoms with Gasteiger partial charge in [0, 0.05) is 0 Å². The van der Waals surface area contributed by atoms with E-state index in [1.165, 1.54) is 7.11 Å². The van der Waals surface area contributed by atoms with Gasteiger partial charge in [-0.25, -0.2) is 4.98 Å². The third kappa shape index (κ3) is 2.51. The number of benzene rings is 1. The molecule has 0 saturated carbocycles. The number of para-hydroxylation sites is 1. The molecule has 2 aromatic rings. The minimum absolute atomic E-state index is 0.0760. The van der Waals surface area contributed by atoms with Gasteiger partial charge < -0.3 is 14.0 Å². The van der Waals surface area contributed by atoms with Crippen molar-refractivity contribution in [1.29, 1.82) is 0 Å². The molecule has 102 valence electrons. The summed E-state index contributed by atoms with van der Waals surface area (Å²) in [7, 11) is 2.93. The number of halogens is 1. The molecular weight excluding hydrogens is 268 g/mol. The molecular formula is C13H15ClN2O3. The number of alkyl halides is 1. The number of hydrogen-bond donors (Lipinski definition) is 0. The zero-order valence-corrected chi connectivity index (χ0v) is 11.8. The highest BCUT2D eigenvalue weighted by molar-refractivity contribution is 6.20. The Bertz CT molecular complexity index is 607. The van der Waals surface area contributed by atoms with Crippen LogP contribution < -0.4 is 4.74 Å². The second kappa shape index (κ2) is 5.48. The first-order valence-corrected chi connectivity index (χ1v) is 6.26. The Hall–Kier alpha value is -1.75. The van der Waals surface area contributed by atoms with E-state index in [0.717, 1.165) is 5.52 Å². The van der Waals surface area contributed by atoms with Crippen molar-refractivity contribution in [1.82, 2.24) is 9.55 Å². The van der Waals surface area contributed by atoms with Crippen molar-refractivity contribution in [2.45, 2.75) is 18.8 Å². The van der Waals surface area contributed by atoms with Crippen molar-refractivity contribution in [3.05, 3.63) is 24.0 Å². The quantitative estimate of drug-likeness (QED) is 0.639. The lowest BCUT2D eigenvalue weighted by molar-refractivity contribution is -0.141. The first-order valence-electron chi connectivity index (χ1n) is 5.82. The van der Waals surface area contributed by atoms with Crippen LogP contribution in [-0.4, -0.2) is 29.7 Å². The predicted octanol–water partition coefficient (Wildman–Crippen LogP) is 2.52. The van der Waals surface area contributed by atoms with Crippen LogP contribution in [0.5, 0.6) is 5.75 Å². The number of rotatable bonds is 4. The largest absolute Gasteiger partial charge is 0.494 e. The van der Waals surface area contributed by atoms with Crippen molar-refractivity contribution in [2.24, 2.45) is 0 Å². The number of imidazole rings is 1. The van der Waals surface area contributed by atoms with Crippen LogP contribution in [0.25, 0.3) is 11.0 Å². The standard InChI is InChI=1S/C13H15ClN2O3/c1-8(14)13-15-12-9(5-4-6-10(12)18-2)16(13)7-11(17)19-3/h4-6,8H,7H2,1-3H3. The van der Waals surface area contributed by atoms with Gasteiger partial charge in [0.15, 0.2) is 0 Å². The molecule has 0 aliphatic rings. The minimum Gasteiger partial charge on any atom is -0.494 e. The molecule has 6 heteroatoms. The average molecular weight is 283 g/mol. The zero-order valence-electron chi connectivity index (χ0n) is 11.0. The molecule has 0 saturated heterocycles. The molecule has 0 spiro atoms. The van der Waals surface area contributed by atoms with Crippen molar-refractivity contribution < 1.29 is 14.3 Å². The highest BCUT2D eigenvalue weighted by atomic mass is 35.5. The Morgan fingerprint density at radius 1 is 1.47 bits per heavy atom. The monoisotopic (exact) mass is 282 g/mol. The second-order valence-electron chi connectivity index (χ2n) is 4.08. The third-order valence-electron chi connectivity index (χ3n) is 2.86. The van der Waals surface area contributed by atoms with Crippen LogP contribution in [0, 0.1) is 0 Å². The number of carbonyl (C=O) groups is 1. The SMILES string of the molecule is COC(=O)Cn1c(C(C)Cl)nc2c(OC)cccc21. The maximum absolute atomic E-state index is 11.5. The van der Waals surface area contributed by atoms with Crippen LogP contribution in [0.15, 0.2) is 18.2 Å². The smallest absolute Gasteiger partial charge is 0.325 e. The molecule has 0 aliphatic carbocycles. The minimum atomic E-state index is -0.347. The molecule has 2 rings (SSSR count). The van der Waals surface area contributed by atoms with E-state index in [2.05, 4.69) is 4.98 Å². The van der Waals surface area contributed by atoms with Crippen LogP contribution in [0.1, 0.15) is 18.1 Å². The molecule has 1 unspecified atom stereocenters. The summed E-state index contributed by atoms with van der Waals surface area (Å²) in [5.41, 5.74) is 1.49. The number of fused-ring (bicyclic) bond motifs is 1. The molecule has 19 heavy (non-hydrogen) atoms. The Balaban J connectivity index is 2.64. The maximum atomic E-state index is 11.5. The molecule has 1 atom stereocenters. The average Bonchev–Trinajstić information content (AvgIpc) is 2.77. The summed E-state index contributed by atoms with van der Waals surface area (Å²) in [6.45, 7) is 1.88. The lowest BCUT2D eigenvalue weighted by Crippen LogP contribution is -2.14. The van der Waals surface area contributed by atoms with Gasteiger partial charge >= 0.3 is 5.97 Å². The van der Waals surface area contributed by atoms with Gasteiger partial charge in [0.05, 0.1) is 25.1 Å². The lowest BCUT2D eigenvalue weighted by atomic mass is 10.3. The molecule has 5 nitrogen and oxygen atoms in total. The fourth-order valence-corrected chi connectivity index (χ4v) is 2.13. The first kappa shape index (κ1) is 13.7. The van der Waals surface area contributed by atoms with Crippen LogP contribution in [0.2, 0.25) is 0 Å². The van der Waals surface area contributed by atoms with E-state index in [1.54, 1.807) is 11.7 Å². The van der Waals surface area contributed by atoms with Crippen LogP contribution >= 0.6 is 11.6 Å². The Morgan fingerprint density at radius 2 is 2.21 bits per heavy atom. The van der Waals surface area contributed by atoms with E-state index in [1.807, 2.05) is 25.1 Å². The van der Waals surface area contributed by atoms with E-state index in [0.29, 0.717) is 17.1 Å². The molecule has 1 aromatic heterocycles. The normalized spacial score (nSPS) is 12.4. The summed E-state index contributed by atoms with van der Waals surface area (Å²) in [5.74, 6) is 0.923. The topological polar surface area (TPSA) is 53.4 Å².